The average Bonchev–Trinajstić information content (AvgIpc) is 2.59. The monoisotopic (exact) mass is 384 g/mol. The minimum Gasteiger partial charge on any atom is -0.493 e. The number of anilines is 1. The van der Waals surface area contributed by atoms with Crippen molar-refractivity contribution >= 4 is 29.1 Å². The minimum absolute atomic E-state index is 0.0265. The van der Waals surface area contributed by atoms with E-state index in [1.807, 2.05) is 0 Å². The van der Waals surface area contributed by atoms with Crippen molar-refractivity contribution in [3.05, 3.63) is 53.1 Å². The molecule has 0 aromatic heterocycles. The molecular weight excluding hydrogens is 370 g/mol. The second-order valence-corrected chi connectivity index (χ2v) is 5.42. The molecule has 9 heteroatoms. The lowest BCUT2D eigenvalue weighted by Crippen LogP contribution is -2.32. The molecule has 2 N–H and O–H groups in total. The summed E-state index contributed by atoms with van der Waals surface area (Å²) < 4.78 is 33.8. The molecule has 2 rings (SSSR count). The fourth-order valence-corrected chi connectivity index (χ4v) is 2.23. The number of hydrogen-bond acceptors (Lipinski definition) is 4. The topological polar surface area (TPSA) is 76.7 Å². The highest BCUT2D eigenvalue weighted by Gasteiger charge is 2.15. The molecule has 6 nitrogen and oxygen atoms in total. The predicted octanol–water partition coefficient (Wildman–Crippen LogP) is 3.32. The van der Waals surface area contributed by atoms with E-state index in [2.05, 4.69) is 15.4 Å². The second kappa shape index (κ2) is 9.00. The van der Waals surface area contributed by atoms with Crippen LogP contribution in [0.2, 0.25) is 5.02 Å². The molecule has 0 radical (unpaired) electrons. The molecule has 0 saturated carbocycles. The zero-order chi connectivity index (χ0) is 19.1. The molecule has 0 saturated heterocycles. The third-order valence-corrected chi connectivity index (χ3v) is 3.39. The van der Waals surface area contributed by atoms with E-state index in [0.29, 0.717) is 10.7 Å². The van der Waals surface area contributed by atoms with Crippen molar-refractivity contribution < 1.29 is 27.8 Å². The van der Waals surface area contributed by atoms with Crippen LogP contribution in [0.15, 0.2) is 42.5 Å². The van der Waals surface area contributed by atoms with Crippen LogP contribution in [0, 0.1) is 0 Å². The van der Waals surface area contributed by atoms with Crippen molar-refractivity contribution in [2.24, 2.45) is 0 Å². The molecule has 2 aromatic carbocycles. The maximum absolute atomic E-state index is 12.3. The Labute approximate surface area is 153 Å². The van der Waals surface area contributed by atoms with E-state index in [0.717, 1.165) is 0 Å². The van der Waals surface area contributed by atoms with Gasteiger partial charge in [-0.1, -0.05) is 17.7 Å². The van der Waals surface area contributed by atoms with Gasteiger partial charge in [0.2, 0.25) is 5.91 Å². The molecule has 0 heterocycles. The first-order valence-corrected chi connectivity index (χ1v) is 7.73. The van der Waals surface area contributed by atoms with Gasteiger partial charge < -0.3 is 20.1 Å². The number of alkyl halides is 2. The molecular formula is C17H15ClF2N2O4. The number of methoxy groups -OCH3 is 1. The molecule has 0 unspecified atom stereocenters. The first-order chi connectivity index (χ1) is 12.4. The van der Waals surface area contributed by atoms with Gasteiger partial charge in [0.1, 0.15) is 0 Å². The van der Waals surface area contributed by atoms with Gasteiger partial charge in [-0.05, 0) is 36.4 Å². The molecule has 138 valence electrons. The van der Waals surface area contributed by atoms with Gasteiger partial charge in [0.15, 0.2) is 11.5 Å². The maximum Gasteiger partial charge on any atom is 0.387 e. The van der Waals surface area contributed by atoms with E-state index in [4.69, 9.17) is 16.3 Å². The van der Waals surface area contributed by atoms with E-state index in [-0.39, 0.29) is 23.6 Å². The van der Waals surface area contributed by atoms with Gasteiger partial charge in [-0.2, -0.15) is 8.78 Å². The van der Waals surface area contributed by atoms with Crippen LogP contribution in [0.3, 0.4) is 0 Å². The van der Waals surface area contributed by atoms with Gasteiger partial charge in [0.05, 0.1) is 13.7 Å². The summed E-state index contributed by atoms with van der Waals surface area (Å²) in [5, 5.41) is 5.46. The molecule has 0 bridgehead atoms. The molecule has 26 heavy (non-hydrogen) atoms. The number of carbonyl (C=O) groups is 2. The third kappa shape index (κ3) is 5.59. The van der Waals surface area contributed by atoms with Crippen molar-refractivity contribution in [2.45, 2.75) is 6.61 Å². The second-order valence-electron chi connectivity index (χ2n) is 4.99. The Hall–Kier alpha value is -2.87. The summed E-state index contributed by atoms with van der Waals surface area (Å²) in [6.45, 7) is -3.30. The van der Waals surface area contributed by atoms with Crippen LogP contribution >= 0.6 is 11.6 Å². The first kappa shape index (κ1) is 19.5. The highest BCUT2D eigenvalue weighted by molar-refractivity contribution is 6.30. The molecule has 2 aromatic rings. The van der Waals surface area contributed by atoms with Crippen molar-refractivity contribution in [1.82, 2.24) is 5.32 Å². The van der Waals surface area contributed by atoms with Gasteiger partial charge >= 0.3 is 6.61 Å². The predicted molar refractivity (Wildman–Crippen MR) is 92.0 cm³/mol. The van der Waals surface area contributed by atoms with Crippen LogP contribution in [0.4, 0.5) is 14.5 Å². The highest BCUT2D eigenvalue weighted by Crippen LogP contribution is 2.29. The summed E-state index contributed by atoms with van der Waals surface area (Å²) >= 11 is 5.82. The fraction of sp³-hybridized carbons (Fsp3) is 0.176. The number of halogens is 3. The number of benzene rings is 2. The SMILES string of the molecule is COc1cc(C(=O)NCC(=O)Nc2cccc(Cl)c2)ccc1OC(F)F. The summed E-state index contributed by atoms with van der Waals surface area (Å²) in [5.41, 5.74) is 0.617. The Kier molecular flexibility index (Phi) is 6.74. The van der Waals surface area contributed by atoms with Gasteiger partial charge in [0.25, 0.3) is 5.91 Å². The summed E-state index contributed by atoms with van der Waals surface area (Å²) in [4.78, 5) is 24.0. The van der Waals surface area contributed by atoms with Crippen LogP contribution in [0.5, 0.6) is 11.5 Å². The molecule has 0 aliphatic rings. The zero-order valence-corrected chi connectivity index (χ0v) is 14.3. The van der Waals surface area contributed by atoms with E-state index >= 15 is 0 Å². The third-order valence-electron chi connectivity index (χ3n) is 3.16. The van der Waals surface area contributed by atoms with Gasteiger partial charge in [-0.15, -0.1) is 0 Å². The van der Waals surface area contributed by atoms with Crippen LogP contribution < -0.4 is 20.1 Å². The zero-order valence-electron chi connectivity index (χ0n) is 13.6. The van der Waals surface area contributed by atoms with Gasteiger partial charge in [0, 0.05) is 16.3 Å². The van der Waals surface area contributed by atoms with E-state index < -0.39 is 18.4 Å². The highest BCUT2D eigenvalue weighted by atomic mass is 35.5. The van der Waals surface area contributed by atoms with Gasteiger partial charge in [-0.3, -0.25) is 9.59 Å². The number of carbonyl (C=O) groups excluding carboxylic acids is 2. The van der Waals surface area contributed by atoms with Crippen molar-refractivity contribution in [3.8, 4) is 11.5 Å². The molecule has 0 aliphatic carbocycles. The Balaban J connectivity index is 1.95. The Morgan fingerprint density at radius 3 is 2.58 bits per heavy atom. The van der Waals surface area contributed by atoms with Crippen molar-refractivity contribution in [3.63, 3.8) is 0 Å². The number of hydrogen-bond donors (Lipinski definition) is 2. The molecule has 0 spiro atoms. The fourth-order valence-electron chi connectivity index (χ4n) is 2.04. The summed E-state index contributed by atoms with van der Waals surface area (Å²) in [7, 11) is 1.26. The van der Waals surface area contributed by atoms with Crippen molar-refractivity contribution in [1.29, 1.82) is 0 Å². The number of ether oxygens (including phenoxy) is 2. The van der Waals surface area contributed by atoms with Crippen LogP contribution in [0.25, 0.3) is 0 Å². The summed E-state index contributed by atoms with van der Waals surface area (Å²) in [6, 6.07) is 10.3. The smallest absolute Gasteiger partial charge is 0.387 e. The molecule has 2 amide bonds. The van der Waals surface area contributed by atoms with E-state index in [1.54, 1.807) is 24.3 Å². The van der Waals surface area contributed by atoms with Crippen LogP contribution in [-0.2, 0) is 4.79 Å². The van der Waals surface area contributed by atoms with E-state index in [1.165, 1.54) is 25.3 Å². The minimum atomic E-state index is -3.02. The summed E-state index contributed by atoms with van der Waals surface area (Å²) in [6.07, 6.45) is 0. The standard InChI is InChI=1S/C17H15ClF2N2O4/c1-25-14-7-10(5-6-13(14)26-17(19)20)16(24)21-9-15(23)22-12-4-2-3-11(18)8-12/h2-8,17H,9H2,1H3,(H,21,24)(H,22,23). The first-order valence-electron chi connectivity index (χ1n) is 7.35. The van der Waals surface area contributed by atoms with Gasteiger partial charge in [-0.25, -0.2) is 0 Å². The Morgan fingerprint density at radius 1 is 1.15 bits per heavy atom. The normalized spacial score (nSPS) is 10.3. The largest absolute Gasteiger partial charge is 0.493 e. The maximum atomic E-state index is 12.3. The number of amides is 2. The number of rotatable bonds is 7. The lowest BCUT2D eigenvalue weighted by atomic mass is 10.2. The van der Waals surface area contributed by atoms with E-state index in [9.17, 15) is 18.4 Å². The summed E-state index contributed by atoms with van der Waals surface area (Å²) in [5.74, 6) is -1.25. The Bertz CT molecular complexity index is 802. The van der Waals surface area contributed by atoms with Crippen LogP contribution in [-0.4, -0.2) is 32.1 Å². The number of nitrogens with one attached hydrogen (secondary N) is 2. The lowest BCUT2D eigenvalue weighted by molar-refractivity contribution is -0.115. The molecule has 0 atom stereocenters. The average molecular weight is 385 g/mol. The molecule has 0 aliphatic heterocycles. The molecule has 0 fully saturated rings. The quantitative estimate of drug-likeness (QED) is 0.767. The Morgan fingerprint density at radius 2 is 1.92 bits per heavy atom. The van der Waals surface area contributed by atoms with Crippen LogP contribution in [0.1, 0.15) is 10.4 Å². The lowest BCUT2D eigenvalue weighted by Gasteiger charge is -2.11. The van der Waals surface area contributed by atoms with Crippen molar-refractivity contribution in [2.75, 3.05) is 19.0 Å².